The first-order valence-electron chi connectivity index (χ1n) is 7.82. The smallest absolute Gasteiger partial charge is 0.161 e. The Kier molecular flexibility index (Phi) is 4.09. The average molecular weight is 291 g/mol. The van der Waals surface area contributed by atoms with Crippen LogP contribution in [0.5, 0.6) is 11.5 Å². The minimum absolute atomic E-state index is 0.219. The molecule has 1 unspecified atom stereocenters. The maximum Gasteiger partial charge on any atom is 0.161 e. The molecule has 4 nitrogen and oxygen atoms in total. The molecule has 1 aromatic carbocycles. The molecule has 21 heavy (non-hydrogen) atoms. The van der Waals surface area contributed by atoms with Crippen molar-refractivity contribution < 1.29 is 14.6 Å². The van der Waals surface area contributed by atoms with Crippen LogP contribution in [0.4, 0.5) is 0 Å². The van der Waals surface area contributed by atoms with E-state index in [0.717, 1.165) is 49.4 Å². The molecule has 1 aromatic rings. The number of nitrogens with zero attached hydrogens (tertiary/aromatic N) is 1. The summed E-state index contributed by atoms with van der Waals surface area (Å²) < 4.78 is 11.6. The van der Waals surface area contributed by atoms with Crippen molar-refractivity contribution in [3.8, 4) is 11.5 Å². The van der Waals surface area contributed by atoms with E-state index in [1.807, 2.05) is 18.2 Å². The fourth-order valence-corrected chi connectivity index (χ4v) is 3.02. The number of rotatable bonds is 5. The van der Waals surface area contributed by atoms with Gasteiger partial charge in [0.25, 0.3) is 0 Å². The van der Waals surface area contributed by atoms with Crippen LogP contribution in [-0.4, -0.2) is 49.0 Å². The molecule has 2 aliphatic rings. The van der Waals surface area contributed by atoms with Gasteiger partial charge in [-0.25, -0.2) is 0 Å². The summed E-state index contributed by atoms with van der Waals surface area (Å²) >= 11 is 0. The highest BCUT2D eigenvalue weighted by Gasteiger charge is 2.40. The lowest BCUT2D eigenvalue weighted by molar-refractivity contribution is 0.101. The zero-order valence-corrected chi connectivity index (χ0v) is 13.0. The van der Waals surface area contributed by atoms with E-state index in [9.17, 15) is 5.11 Å². The Labute approximate surface area is 126 Å². The van der Waals surface area contributed by atoms with Crippen LogP contribution in [0.15, 0.2) is 18.2 Å². The van der Waals surface area contributed by atoms with Crippen molar-refractivity contribution in [2.75, 3.05) is 27.2 Å². The molecule has 0 aromatic heterocycles. The summed E-state index contributed by atoms with van der Waals surface area (Å²) in [4.78, 5) is 2.30. The molecule has 1 N–H and O–H groups in total. The van der Waals surface area contributed by atoms with Gasteiger partial charge in [-0.15, -0.1) is 0 Å². The Balaban J connectivity index is 1.73. The van der Waals surface area contributed by atoms with Gasteiger partial charge in [0.1, 0.15) is 6.10 Å². The maximum atomic E-state index is 10.1. The first-order valence-corrected chi connectivity index (χ1v) is 7.82. The second-order valence-electron chi connectivity index (χ2n) is 6.53. The lowest BCUT2D eigenvalue weighted by Crippen LogP contribution is -2.38. The van der Waals surface area contributed by atoms with Crippen molar-refractivity contribution in [3.05, 3.63) is 23.8 Å². The number of hydrogen-bond donors (Lipinski definition) is 1. The van der Waals surface area contributed by atoms with Gasteiger partial charge in [0, 0.05) is 13.0 Å². The minimum Gasteiger partial charge on any atom is -0.493 e. The number of ether oxygens (including phenoxy) is 2. The van der Waals surface area contributed by atoms with Crippen molar-refractivity contribution >= 4 is 0 Å². The molecule has 1 atom stereocenters. The molecular formula is C17H25NO3. The van der Waals surface area contributed by atoms with E-state index in [1.165, 1.54) is 6.42 Å². The molecule has 1 saturated carbocycles. The van der Waals surface area contributed by atoms with Gasteiger partial charge in [-0.05, 0) is 57.0 Å². The Bertz CT molecular complexity index is 499. The molecule has 0 amide bonds. The quantitative estimate of drug-likeness (QED) is 0.903. The molecule has 1 aliphatic heterocycles. The van der Waals surface area contributed by atoms with Crippen molar-refractivity contribution in [1.29, 1.82) is 0 Å². The number of aliphatic hydroxyl groups is 1. The van der Waals surface area contributed by atoms with Gasteiger partial charge in [0.2, 0.25) is 0 Å². The molecule has 0 spiro atoms. The van der Waals surface area contributed by atoms with Gasteiger partial charge in [-0.2, -0.15) is 0 Å². The van der Waals surface area contributed by atoms with Crippen molar-refractivity contribution in [2.45, 2.75) is 43.8 Å². The van der Waals surface area contributed by atoms with E-state index >= 15 is 0 Å². The standard InChI is InChI=1S/C17H25NO3/c1-18-9-3-4-14(12-18)21-16-10-13(5-6-15(16)20-2)11-17(19)7-8-17/h5-6,10,14,19H,3-4,7-9,11-12H2,1-2H3. The van der Waals surface area contributed by atoms with Crippen LogP contribution in [-0.2, 0) is 6.42 Å². The summed E-state index contributed by atoms with van der Waals surface area (Å²) in [6.07, 6.45) is 4.99. The summed E-state index contributed by atoms with van der Waals surface area (Å²) in [6.45, 7) is 2.10. The molecule has 1 heterocycles. The molecule has 116 valence electrons. The fourth-order valence-electron chi connectivity index (χ4n) is 3.02. The van der Waals surface area contributed by atoms with Crippen molar-refractivity contribution in [1.82, 2.24) is 4.90 Å². The first kappa shape index (κ1) is 14.7. The van der Waals surface area contributed by atoms with E-state index in [0.29, 0.717) is 6.42 Å². The SMILES string of the molecule is COc1ccc(CC2(O)CC2)cc1OC1CCCN(C)C1. The highest BCUT2D eigenvalue weighted by molar-refractivity contribution is 5.43. The monoisotopic (exact) mass is 291 g/mol. The molecule has 0 radical (unpaired) electrons. The van der Waals surface area contributed by atoms with Crippen LogP contribution in [0, 0.1) is 0 Å². The highest BCUT2D eigenvalue weighted by atomic mass is 16.5. The van der Waals surface area contributed by atoms with Crippen molar-refractivity contribution in [2.24, 2.45) is 0 Å². The Morgan fingerprint density at radius 2 is 2.14 bits per heavy atom. The molecule has 4 heteroatoms. The second-order valence-corrected chi connectivity index (χ2v) is 6.53. The van der Waals surface area contributed by atoms with Gasteiger partial charge < -0.3 is 19.5 Å². The molecule has 1 aliphatic carbocycles. The van der Waals surface area contributed by atoms with E-state index in [1.54, 1.807) is 7.11 Å². The summed E-state index contributed by atoms with van der Waals surface area (Å²) in [5.41, 5.74) is 0.645. The Morgan fingerprint density at radius 3 is 2.81 bits per heavy atom. The highest BCUT2D eigenvalue weighted by Crippen LogP contribution is 2.40. The number of likely N-dealkylation sites (tertiary alicyclic amines) is 1. The van der Waals surface area contributed by atoms with Crippen molar-refractivity contribution in [3.63, 3.8) is 0 Å². The van der Waals surface area contributed by atoms with E-state index in [-0.39, 0.29) is 6.10 Å². The number of methoxy groups -OCH3 is 1. The summed E-state index contributed by atoms with van der Waals surface area (Å²) in [5, 5.41) is 10.1. The zero-order chi connectivity index (χ0) is 14.9. The molecule has 1 saturated heterocycles. The van der Waals surface area contributed by atoms with E-state index in [4.69, 9.17) is 9.47 Å². The van der Waals surface area contributed by atoms with E-state index < -0.39 is 5.60 Å². The fraction of sp³-hybridized carbons (Fsp3) is 0.647. The maximum absolute atomic E-state index is 10.1. The second kappa shape index (κ2) is 5.85. The van der Waals surface area contributed by atoms with Gasteiger partial charge in [0.15, 0.2) is 11.5 Å². The van der Waals surface area contributed by atoms with Crippen LogP contribution in [0.25, 0.3) is 0 Å². The summed E-state index contributed by atoms with van der Waals surface area (Å²) in [5.74, 6) is 1.58. The van der Waals surface area contributed by atoms with E-state index in [2.05, 4.69) is 11.9 Å². The average Bonchev–Trinajstić information content (AvgIpc) is 3.16. The number of benzene rings is 1. The largest absolute Gasteiger partial charge is 0.493 e. The van der Waals surface area contributed by atoms with Gasteiger partial charge >= 0.3 is 0 Å². The molecular weight excluding hydrogens is 266 g/mol. The number of hydrogen-bond acceptors (Lipinski definition) is 4. The predicted octanol–water partition coefficient (Wildman–Crippen LogP) is 2.24. The lowest BCUT2D eigenvalue weighted by Gasteiger charge is -2.30. The topological polar surface area (TPSA) is 41.9 Å². The Hall–Kier alpha value is -1.26. The zero-order valence-electron chi connectivity index (χ0n) is 13.0. The number of piperidine rings is 1. The summed E-state index contributed by atoms with van der Waals surface area (Å²) in [7, 11) is 3.80. The summed E-state index contributed by atoms with van der Waals surface area (Å²) in [6, 6.07) is 6.00. The normalized spacial score (nSPS) is 24.6. The van der Waals surface area contributed by atoms with Crippen LogP contribution in [0.1, 0.15) is 31.2 Å². The third-order valence-electron chi connectivity index (χ3n) is 4.46. The van der Waals surface area contributed by atoms with Gasteiger partial charge in [-0.3, -0.25) is 0 Å². The predicted molar refractivity (Wildman–Crippen MR) is 82.0 cm³/mol. The number of likely N-dealkylation sites (N-methyl/N-ethyl adjacent to an activating group) is 1. The Morgan fingerprint density at radius 1 is 1.33 bits per heavy atom. The third kappa shape index (κ3) is 3.69. The van der Waals surface area contributed by atoms with Crippen LogP contribution < -0.4 is 9.47 Å². The third-order valence-corrected chi connectivity index (χ3v) is 4.46. The van der Waals surface area contributed by atoms with Crippen LogP contribution in [0.2, 0.25) is 0 Å². The molecule has 3 rings (SSSR count). The molecule has 2 fully saturated rings. The van der Waals surface area contributed by atoms with Gasteiger partial charge in [0.05, 0.1) is 12.7 Å². The van der Waals surface area contributed by atoms with Crippen LogP contribution in [0.3, 0.4) is 0 Å². The minimum atomic E-state index is -0.475. The lowest BCUT2D eigenvalue weighted by atomic mass is 10.1. The molecule has 0 bridgehead atoms. The van der Waals surface area contributed by atoms with Gasteiger partial charge in [-0.1, -0.05) is 6.07 Å². The first-order chi connectivity index (χ1) is 10.1. The van der Waals surface area contributed by atoms with Crippen LogP contribution >= 0.6 is 0 Å².